The van der Waals surface area contributed by atoms with Gasteiger partial charge in [0, 0.05) is 13.6 Å². The fourth-order valence-electron chi connectivity index (χ4n) is 3.43. The summed E-state index contributed by atoms with van der Waals surface area (Å²) in [5.74, 6) is -0.158. The maximum absolute atomic E-state index is 13.3. The molecule has 0 aliphatic carbocycles. The molecule has 0 spiro atoms. The zero-order chi connectivity index (χ0) is 24.1. The summed E-state index contributed by atoms with van der Waals surface area (Å²) in [4.78, 5) is 27.1. The molecule has 2 aromatic carbocycles. The molecule has 174 valence electrons. The average Bonchev–Trinajstić information content (AvgIpc) is 2.73. The largest absolute Gasteiger partial charge is 0.497 e. The highest BCUT2D eigenvalue weighted by atomic mass is 32.2. The van der Waals surface area contributed by atoms with E-state index in [0.717, 1.165) is 27.3 Å². The number of rotatable bonds is 9. The second-order valence-electron chi connectivity index (χ2n) is 7.78. The van der Waals surface area contributed by atoms with Gasteiger partial charge in [0.15, 0.2) is 0 Å². The summed E-state index contributed by atoms with van der Waals surface area (Å²) in [5.41, 5.74) is 2.97. The van der Waals surface area contributed by atoms with Gasteiger partial charge in [0.25, 0.3) is 0 Å². The Hall–Kier alpha value is -3.07. The van der Waals surface area contributed by atoms with Crippen molar-refractivity contribution < 1.29 is 22.7 Å². The SMILES string of the molecule is CNC(=O)[C@@H](C)N(Cc1ccc(OC)cc1)C(=O)CN(c1cc(C)cc(C)c1)S(C)(=O)=O. The predicted molar refractivity (Wildman–Crippen MR) is 125 cm³/mol. The number of methoxy groups -OCH3 is 1. The minimum Gasteiger partial charge on any atom is -0.497 e. The van der Waals surface area contributed by atoms with Crippen molar-refractivity contribution in [2.45, 2.75) is 33.4 Å². The van der Waals surface area contributed by atoms with Gasteiger partial charge in [-0.05, 0) is 61.7 Å². The molecule has 9 heteroatoms. The van der Waals surface area contributed by atoms with Gasteiger partial charge in [0.05, 0.1) is 19.1 Å². The summed E-state index contributed by atoms with van der Waals surface area (Å²) in [6.45, 7) is 5.06. The maximum atomic E-state index is 13.3. The molecule has 0 aliphatic rings. The zero-order valence-corrected chi connectivity index (χ0v) is 20.2. The van der Waals surface area contributed by atoms with E-state index in [1.807, 2.05) is 19.9 Å². The van der Waals surface area contributed by atoms with Gasteiger partial charge in [-0.15, -0.1) is 0 Å². The fourth-order valence-corrected chi connectivity index (χ4v) is 4.26. The third-order valence-corrected chi connectivity index (χ3v) is 6.24. The molecule has 0 bridgehead atoms. The highest BCUT2D eigenvalue weighted by Crippen LogP contribution is 2.22. The number of aryl methyl sites for hydroxylation is 2. The van der Waals surface area contributed by atoms with Gasteiger partial charge in [0.1, 0.15) is 18.3 Å². The monoisotopic (exact) mass is 461 g/mol. The van der Waals surface area contributed by atoms with Gasteiger partial charge in [-0.25, -0.2) is 8.42 Å². The highest BCUT2D eigenvalue weighted by Gasteiger charge is 2.29. The third kappa shape index (κ3) is 6.46. The van der Waals surface area contributed by atoms with Crippen LogP contribution in [0.15, 0.2) is 42.5 Å². The Morgan fingerprint density at radius 1 is 1.06 bits per heavy atom. The second kappa shape index (κ2) is 10.5. The molecule has 1 N–H and O–H groups in total. The normalized spacial score (nSPS) is 12.1. The predicted octanol–water partition coefficient (Wildman–Crippen LogP) is 2.24. The molecule has 0 fully saturated rings. The molecule has 1 atom stereocenters. The molecule has 2 rings (SSSR count). The van der Waals surface area contributed by atoms with Crippen molar-refractivity contribution in [2.24, 2.45) is 0 Å². The van der Waals surface area contributed by atoms with Crippen LogP contribution in [0.2, 0.25) is 0 Å². The third-order valence-electron chi connectivity index (χ3n) is 5.10. The number of hydrogen-bond acceptors (Lipinski definition) is 5. The van der Waals surface area contributed by atoms with E-state index in [4.69, 9.17) is 4.74 Å². The van der Waals surface area contributed by atoms with E-state index >= 15 is 0 Å². The van der Waals surface area contributed by atoms with E-state index in [9.17, 15) is 18.0 Å². The lowest BCUT2D eigenvalue weighted by atomic mass is 10.1. The number of benzene rings is 2. The first kappa shape index (κ1) is 25.2. The maximum Gasteiger partial charge on any atom is 0.244 e. The lowest BCUT2D eigenvalue weighted by molar-refractivity contribution is -0.139. The molecule has 2 aromatic rings. The van der Waals surface area contributed by atoms with Crippen LogP contribution in [0.25, 0.3) is 0 Å². The summed E-state index contributed by atoms with van der Waals surface area (Å²) >= 11 is 0. The number of carbonyl (C=O) groups excluding carboxylic acids is 2. The summed E-state index contributed by atoms with van der Waals surface area (Å²) in [5, 5.41) is 2.55. The molecule has 0 radical (unpaired) electrons. The Morgan fingerprint density at radius 2 is 1.62 bits per heavy atom. The van der Waals surface area contributed by atoms with Crippen LogP contribution in [0.1, 0.15) is 23.6 Å². The number of carbonyl (C=O) groups is 2. The van der Waals surface area contributed by atoms with Crippen LogP contribution in [0.4, 0.5) is 5.69 Å². The molecule has 0 aromatic heterocycles. The van der Waals surface area contributed by atoms with Gasteiger partial charge in [-0.1, -0.05) is 18.2 Å². The number of likely N-dealkylation sites (N-methyl/N-ethyl adjacent to an activating group) is 1. The van der Waals surface area contributed by atoms with Crippen molar-refractivity contribution in [3.8, 4) is 5.75 Å². The number of nitrogens with zero attached hydrogens (tertiary/aromatic N) is 2. The van der Waals surface area contributed by atoms with Crippen LogP contribution in [-0.4, -0.2) is 58.1 Å². The summed E-state index contributed by atoms with van der Waals surface area (Å²) < 4.78 is 31.4. The molecule has 0 aliphatic heterocycles. The van der Waals surface area contributed by atoms with Crippen LogP contribution < -0.4 is 14.4 Å². The Morgan fingerprint density at radius 3 is 2.09 bits per heavy atom. The molecule has 2 amide bonds. The van der Waals surface area contributed by atoms with E-state index in [1.165, 1.54) is 11.9 Å². The first-order valence-electron chi connectivity index (χ1n) is 10.2. The topological polar surface area (TPSA) is 96.0 Å². The second-order valence-corrected chi connectivity index (χ2v) is 9.68. The van der Waals surface area contributed by atoms with Crippen molar-refractivity contribution >= 4 is 27.5 Å². The van der Waals surface area contributed by atoms with Gasteiger partial charge >= 0.3 is 0 Å². The number of ether oxygens (including phenoxy) is 1. The summed E-state index contributed by atoms with van der Waals surface area (Å²) in [6, 6.07) is 11.7. The average molecular weight is 462 g/mol. The van der Waals surface area contributed by atoms with Crippen LogP contribution in [0.3, 0.4) is 0 Å². The van der Waals surface area contributed by atoms with Crippen molar-refractivity contribution in [2.75, 3.05) is 31.3 Å². The summed E-state index contributed by atoms with van der Waals surface area (Å²) in [7, 11) is -0.691. The summed E-state index contributed by atoms with van der Waals surface area (Å²) in [6.07, 6.45) is 1.06. The van der Waals surface area contributed by atoms with Gasteiger partial charge in [0.2, 0.25) is 21.8 Å². The lowest BCUT2D eigenvalue weighted by Gasteiger charge is -2.31. The highest BCUT2D eigenvalue weighted by molar-refractivity contribution is 7.92. The molecule has 0 saturated heterocycles. The van der Waals surface area contributed by atoms with E-state index in [0.29, 0.717) is 11.4 Å². The Bertz CT molecular complexity index is 1050. The van der Waals surface area contributed by atoms with Crippen molar-refractivity contribution in [1.82, 2.24) is 10.2 Å². The minimum atomic E-state index is -3.74. The number of sulfonamides is 1. The zero-order valence-electron chi connectivity index (χ0n) is 19.4. The first-order chi connectivity index (χ1) is 15.0. The Balaban J connectivity index is 2.39. The lowest BCUT2D eigenvalue weighted by Crippen LogP contribution is -2.50. The standard InChI is InChI=1S/C23H31N3O5S/c1-16-11-17(2)13-20(12-16)26(32(6,29)30)15-22(27)25(18(3)23(28)24-4)14-19-7-9-21(31-5)10-8-19/h7-13,18H,14-15H2,1-6H3,(H,24,28)/t18-/m1/s1. The molecule has 8 nitrogen and oxygen atoms in total. The van der Waals surface area contributed by atoms with Crippen LogP contribution >= 0.6 is 0 Å². The minimum absolute atomic E-state index is 0.141. The van der Waals surface area contributed by atoms with E-state index in [-0.39, 0.29) is 12.5 Å². The number of anilines is 1. The molecule has 0 saturated carbocycles. The quantitative estimate of drug-likeness (QED) is 0.618. The Kier molecular flexibility index (Phi) is 8.26. The van der Waals surface area contributed by atoms with E-state index < -0.39 is 28.5 Å². The van der Waals surface area contributed by atoms with E-state index in [1.54, 1.807) is 50.4 Å². The van der Waals surface area contributed by atoms with Crippen molar-refractivity contribution in [1.29, 1.82) is 0 Å². The molecular formula is C23H31N3O5S. The van der Waals surface area contributed by atoms with Gasteiger partial charge in [-0.3, -0.25) is 13.9 Å². The van der Waals surface area contributed by atoms with Gasteiger partial charge in [-0.2, -0.15) is 0 Å². The fraction of sp³-hybridized carbons (Fsp3) is 0.391. The van der Waals surface area contributed by atoms with Crippen LogP contribution in [-0.2, 0) is 26.2 Å². The number of nitrogens with one attached hydrogen (secondary N) is 1. The van der Waals surface area contributed by atoms with Crippen LogP contribution in [0, 0.1) is 13.8 Å². The Labute approximate surface area is 190 Å². The van der Waals surface area contributed by atoms with Crippen LogP contribution in [0.5, 0.6) is 5.75 Å². The van der Waals surface area contributed by atoms with Crippen molar-refractivity contribution in [3.63, 3.8) is 0 Å². The molecular weight excluding hydrogens is 430 g/mol. The van der Waals surface area contributed by atoms with E-state index in [2.05, 4.69) is 5.32 Å². The molecule has 0 heterocycles. The number of amides is 2. The van der Waals surface area contributed by atoms with Crippen molar-refractivity contribution in [3.05, 3.63) is 59.2 Å². The smallest absolute Gasteiger partial charge is 0.244 e. The molecule has 0 unspecified atom stereocenters. The first-order valence-corrected chi connectivity index (χ1v) is 12.0. The van der Waals surface area contributed by atoms with Gasteiger partial charge < -0.3 is 15.0 Å². The molecule has 32 heavy (non-hydrogen) atoms. The number of hydrogen-bond donors (Lipinski definition) is 1.